The number of rotatable bonds is 2. The molecule has 0 bridgehead atoms. The molecule has 1 aliphatic heterocycles. The fourth-order valence-electron chi connectivity index (χ4n) is 3.22. The molecule has 116 valence electrons. The summed E-state index contributed by atoms with van der Waals surface area (Å²) < 4.78 is 0. The van der Waals surface area contributed by atoms with Gasteiger partial charge in [-0.15, -0.1) is 5.01 Å². The third-order valence-electron chi connectivity index (χ3n) is 4.59. The van der Waals surface area contributed by atoms with Crippen LogP contribution in [0.5, 0.6) is 0 Å². The van der Waals surface area contributed by atoms with Gasteiger partial charge in [-0.05, 0) is 37.8 Å². The van der Waals surface area contributed by atoms with Crippen molar-refractivity contribution in [1.82, 2.24) is 10.3 Å². The molecular weight excluding hydrogens is 278 g/mol. The Labute approximate surface area is 130 Å². The van der Waals surface area contributed by atoms with Gasteiger partial charge >= 0.3 is 6.03 Å². The molecule has 3 amide bonds. The van der Waals surface area contributed by atoms with E-state index in [9.17, 15) is 9.59 Å². The molecule has 1 spiro atoms. The van der Waals surface area contributed by atoms with Crippen molar-refractivity contribution in [3.8, 4) is 0 Å². The van der Waals surface area contributed by atoms with Crippen molar-refractivity contribution in [2.45, 2.75) is 51.5 Å². The molecule has 1 heterocycles. The molecule has 2 fully saturated rings. The smallest absolute Gasteiger partial charge is 0.321 e. The molecule has 2 aliphatic rings. The van der Waals surface area contributed by atoms with E-state index in [1.165, 1.54) is 0 Å². The number of nitrogens with zero attached hydrogens (tertiary/aromatic N) is 2. The fraction of sp³-hybridized carbons (Fsp3) is 0.471. The lowest BCUT2D eigenvalue weighted by Crippen LogP contribution is -2.48. The zero-order valence-electron chi connectivity index (χ0n) is 13.1. The maximum absolute atomic E-state index is 12.6. The van der Waals surface area contributed by atoms with Gasteiger partial charge in [0, 0.05) is 0 Å². The summed E-state index contributed by atoms with van der Waals surface area (Å²) in [6.45, 7) is 3.98. The Bertz CT molecular complexity index is 645. The second-order valence-electron chi connectivity index (χ2n) is 6.29. The van der Waals surface area contributed by atoms with E-state index in [0.29, 0.717) is 12.8 Å². The second-order valence-corrected chi connectivity index (χ2v) is 6.29. The van der Waals surface area contributed by atoms with E-state index in [-0.39, 0.29) is 5.91 Å². The highest BCUT2D eigenvalue weighted by Gasteiger charge is 2.51. The Balaban J connectivity index is 1.83. The lowest BCUT2D eigenvalue weighted by Gasteiger charge is -2.29. The largest absolute Gasteiger partial charge is 0.346 e. The zero-order valence-corrected chi connectivity index (χ0v) is 13.1. The van der Waals surface area contributed by atoms with Crippen LogP contribution in [0.3, 0.4) is 0 Å². The normalized spacial score (nSPS) is 20.9. The fourth-order valence-corrected chi connectivity index (χ4v) is 3.22. The van der Waals surface area contributed by atoms with Crippen molar-refractivity contribution in [2.75, 3.05) is 0 Å². The molecule has 5 nitrogen and oxygen atoms in total. The highest BCUT2D eigenvalue weighted by molar-refractivity contribution is 6.07. The van der Waals surface area contributed by atoms with Crippen LogP contribution in [0.2, 0.25) is 0 Å². The first-order valence-electron chi connectivity index (χ1n) is 7.80. The van der Waals surface area contributed by atoms with Crippen LogP contribution in [0.4, 0.5) is 4.79 Å². The lowest BCUT2D eigenvalue weighted by molar-refractivity contribution is -0.132. The van der Waals surface area contributed by atoms with E-state index in [1.807, 2.05) is 32.0 Å². The SMILES string of the molecule is Cc1ccc(C)c(C=NN2C(=O)NC3(CCCCC3)C2=O)c1. The zero-order chi connectivity index (χ0) is 15.7. The number of benzene rings is 1. The van der Waals surface area contributed by atoms with Crippen LogP contribution in [0, 0.1) is 13.8 Å². The summed E-state index contributed by atoms with van der Waals surface area (Å²) in [4.78, 5) is 24.7. The minimum atomic E-state index is -0.714. The molecule has 1 aromatic carbocycles. The number of hydrazone groups is 1. The summed E-state index contributed by atoms with van der Waals surface area (Å²) in [5.74, 6) is -0.209. The predicted molar refractivity (Wildman–Crippen MR) is 84.7 cm³/mol. The number of imide groups is 1. The number of urea groups is 1. The number of hydrogen-bond acceptors (Lipinski definition) is 3. The number of carbonyl (C=O) groups excluding carboxylic acids is 2. The first kappa shape index (κ1) is 14.8. The third kappa shape index (κ3) is 2.51. The quantitative estimate of drug-likeness (QED) is 0.674. The van der Waals surface area contributed by atoms with Gasteiger partial charge in [-0.1, -0.05) is 43.0 Å². The number of carbonyl (C=O) groups is 2. The summed E-state index contributed by atoms with van der Waals surface area (Å²) in [5.41, 5.74) is 2.39. The molecule has 0 unspecified atom stereocenters. The maximum atomic E-state index is 12.6. The highest BCUT2D eigenvalue weighted by Crippen LogP contribution is 2.33. The molecule has 5 heteroatoms. The Hall–Kier alpha value is -2.17. The van der Waals surface area contributed by atoms with Crippen LogP contribution >= 0.6 is 0 Å². The van der Waals surface area contributed by atoms with E-state index in [4.69, 9.17) is 0 Å². The summed E-state index contributed by atoms with van der Waals surface area (Å²) >= 11 is 0. The summed E-state index contributed by atoms with van der Waals surface area (Å²) in [7, 11) is 0. The summed E-state index contributed by atoms with van der Waals surface area (Å²) in [6, 6.07) is 5.62. The molecule has 1 aliphatic carbocycles. The van der Waals surface area contributed by atoms with Gasteiger partial charge in [0.1, 0.15) is 5.54 Å². The molecule has 3 rings (SSSR count). The molecule has 1 N–H and O–H groups in total. The van der Waals surface area contributed by atoms with Crippen molar-refractivity contribution in [3.05, 3.63) is 34.9 Å². The molecular formula is C17H21N3O2. The standard InChI is InChI=1S/C17H21N3O2/c1-12-6-7-13(2)14(10-12)11-18-20-15(21)17(19-16(20)22)8-4-3-5-9-17/h6-7,10-11H,3-5,8-9H2,1-2H3,(H,19,22). The number of hydrogen-bond donors (Lipinski definition) is 1. The van der Waals surface area contributed by atoms with Gasteiger partial charge in [0.2, 0.25) is 0 Å². The van der Waals surface area contributed by atoms with Gasteiger partial charge in [0.05, 0.1) is 6.21 Å². The first-order valence-corrected chi connectivity index (χ1v) is 7.80. The molecule has 1 saturated carbocycles. The van der Waals surface area contributed by atoms with Crippen molar-refractivity contribution in [2.24, 2.45) is 5.10 Å². The topological polar surface area (TPSA) is 61.8 Å². The van der Waals surface area contributed by atoms with Gasteiger partial charge in [0.15, 0.2) is 0 Å². The summed E-state index contributed by atoms with van der Waals surface area (Å²) in [6.07, 6.45) is 6.10. The van der Waals surface area contributed by atoms with Crippen molar-refractivity contribution < 1.29 is 9.59 Å². The average molecular weight is 299 g/mol. The maximum Gasteiger partial charge on any atom is 0.346 e. The van der Waals surface area contributed by atoms with E-state index in [1.54, 1.807) is 6.21 Å². The Morgan fingerprint density at radius 1 is 1.18 bits per heavy atom. The average Bonchev–Trinajstić information content (AvgIpc) is 2.72. The van der Waals surface area contributed by atoms with Crippen LogP contribution in [0.1, 0.15) is 48.8 Å². The minimum absolute atomic E-state index is 0.209. The Kier molecular flexibility index (Phi) is 3.72. The van der Waals surface area contributed by atoms with Gasteiger partial charge in [-0.25, -0.2) is 4.79 Å². The first-order chi connectivity index (χ1) is 10.5. The number of amides is 3. The van der Waals surface area contributed by atoms with Crippen LogP contribution in [-0.2, 0) is 4.79 Å². The van der Waals surface area contributed by atoms with E-state index < -0.39 is 11.6 Å². The van der Waals surface area contributed by atoms with Crippen molar-refractivity contribution >= 4 is 18.2 Å². The van der Waals surface area contributed by atoms with E-state index in [2.05, 4.69) is 10.4 Å². The summed E-state index contributed by atoms with van der Waals surface area (Å²) in [5, 5.41) is 8.00. The van der Waals surface area contributed by atoms with Gasteiger partial charge < -0.3 is 5.32 Å². The monoisotopic (exact) mass is 299 g/mol. The Morgan fingerprint density at radius 3 is 2.64 bits per heavy atom. The lowest BCUT2D eigenvalue weighted by atomic mass is 9.82. The minimum Gasteiger partial charge on any atom is -0.321 e. The van der Waals surface area contributed by atoms with Crippen LogP contribution in [0.25, 0.3) is 0 Å². The molecule has 0 aromatic heterocycles. The van der Waals surface area contributed by atoms with Crippen molar-refractivity contribution in [1.29, 1.82) is 0 Å². The Morgan fingerprint density at radius 2 is 1.91 bits per heavy atom. The van der Waals surface area contributed by atoms with Gasteiger partial charge in [-0.2, -0.15) is 5.10 Å². The number of aryl methyl sites for hydroxylation is 2. The molecule has 0 atom stereocenters. The third-order valence-corrected chi connectivity index (χ3v) is 4.59. The second kappa shape index (κ2) is 5.55. The van der Waals surface area contributed by atoms with E-state index in [0.717, 1.165) is 41.0 Å². The van der Waals surface area contributed by atoms with E-state index >= 15 is 0 Å². The number of nitrogens with one attached hydrogen (secondary N) is 1. The molecule has 22 heavy (non-hydrogen) atoms. The van der Waals surface area contributed by atoms with Gasteiger partial charge in [-0.3, -0.25) is 4.79 Å². The molecule has 1 aromatic rings. The molecule has 0 radical (unpaired) electrons. The van der Waals surface area contributed by atoms with Crippen molar-refractivity contribution in [3.63, 3.8) is 0 Å². The van der Waals surface area contributed by atoms with Gasteiger partial charge in [0.25, 0.3) is 5.91 Å². The predicted octanol–water partition coefficient (Wildman–Crippen LogP) is 2.89. The van der Waals surface area contributed by atoms with Crippen LogP contribution in [-0.4, -0.2) is 28.7 Å². The molecule has 1 saturated heterocycles. The van der Waals surface area contributed by atoms with Crippen LogP contribution < -0.4 is 5.32 Å². The van der Waals surface area contributed by atoms with Crippen LogP contribution in [0.15, 0.2) is 23.3 Å². The highest BCUT2D eigenvalue weighted by atomic mass is 16.2.